The molecule has 2 heterocycles. The van der Waals surface area contributed by atoms with Gasteiger partial charge in [-0.1, -0.05) is 34.5 Å². The highest BCUT2D eigenvalue weighted by Gasteiger charge is 2.35. The van der Waals surface area contributed by atoms with Gasteiger partial charge in [0.2, 0.25) is 5.91 Å². The third-order valence-corrected chi connectivity index (χ3v) is 4.92. The molecule has 0 spiro atoms. The summed E-state index contributed by atoms with van der Waals surface area (Å²) in [4.78, 5) is 18.8. The summed E-state index contributed by atoms with van der Waals surface area (Å²) in [6.07, 6.45) is 0.370. The second-order valence-corrected chi connectivity index (χ2v) is 7.10. The van der Waals surface area contributed by atoms with Crippen LogP contribution in [0.5, 0.6) is 0 Å². The van der Waals surface area contributed by atoms with Gasteiger partial charge in [-0.25, -0.2) is 0 Å². The van der Waals surface area contributed by atoms with Crippen LogP contribution in [0.3, 0.4) is 0 Å². The van der Waals surface area contributed by atoms with Crippen molar-refractivity contribution in [1.82, 2.24) is 10.1 Å². The van der Waals surface area contributed by atoms with Crippen molar-refractivity contribution in [2.75, 3.05) is 11.4 Å². The SMILES string of the molecule is Cc1ccc(-c2nc(C3CC(=O)N(c4ccc(Cl)cc4C)C3)no2)cc1. The molecule has 132 valence electrons. The summed E-state index contributed by atoms with van der Waals surface area (Å²) >= 11 is 6.02. The number of aryl methyl sites for hydroxylation is 2. The molecule has 1 aliphatic rings. The highest BCUT2D eigenvalue weighted by Crippen LogP contribution is 2.33. The third-order valence-electron chi connectivity index (χ3n) is 4.68. The molecule has 0 N–H and O–H groups in total. The number of carbonyl (C=O) groups is 1. The maximum Gasteiger partial charge on any atom is 0.257 e. The van der Waals surface area contributed by atoms with Crippen molar-refractivity contribution in [3.63, 3.8) is 0 Å². The van der Waals surface area contributed by atoms with Crippen molar-refractivity contribution in [2.45, 2.75) is 26.2 Å². The molecule has 4 rings (SSSR count). The molecule has 0 aliphatic carbocycles. The van der Waals surface area contributed by atoms with E-state index in [1.165, 1.54) is 5.56 Å². The summed E-state index contributed by atoms with van der Waals surface area (Å²) in [5, 5.41) is 4.77. The molecule has 26 heavy (non-hydrogen) atoms. The normalized spacial score (nSPS) is 17.1. The number of benzene rings is 2. The van der Waals surface area contributed by atoms with Crippen molar-refractivity contribution in [3.8, 4) is 11.5 Å². The Labute approximate surface area is 156 Å². The zero-order valence-electron chi connectivity index (χ0n) is 14.6. The van der Waals surface area contributed by atoms with Crippen molar-refractivity contribution in [1.29, 1.82) is 0 Å². The number of aromatic nitrogens is 2. The second-order valence-electron chi connectivity index (χ2n) is 6.66. The van der Waals surface area contributed by atoms with Crippen molar-refractivity contribution >= 4 is 23.2 Å². The van der Waals surface area contributed by atoms with Gasteiger partial charge in [-0.05, 0) is 49.7 Å². The van der Waals surface area contributed by atoms with E-state index in [-0.39, 0.29) is 11.8 Å². The average Bonchev–Trinajstić information content (AvgIpc) is 3.23. The molecule has 1 aromatic heterocycles. The second kappa shape index (κ2) is 6.57. The largest absolute Gasteiger partial charge is 0.334 e. The molecule has 1 atom stereocenters. The number of rotatable bonds is 3. The van der Waals surface area contributed by atoms with Gasteiger partial charge in [-0.2, -0.15) is 4.98 Å². The zero-order chi connectivity index (χ0) is 18.3. The summed E-state index contributed by atoms with van der Waals surface area (Å²) in [7, 11) is 0. The van der Waals surface area contributed by atoms with E-state index in [1.54, 1.807) is 11.0 Å². The van der Waals surface area contributed by atoms with Gasteiger partial charge >= 0.3 is 0 Å². The summed E-state index contributed by atoms with van der Waals surface area (Å²) in [6.45, 7) is 4.51. The topological polar surface area (TPSA) is 59.2 Å². The first kappa shape index (κ1) is 16.8. The lowest BCUT2D eigenvalue weighted by Crippen LogP contribution is -2.25. The first-order valence-corrected chi connectivity index (χ1v) is 8.86. The molecule has 6 heteroatoms. The molecule has 5 nitrogen and oxygen atoms in total. The van der Waals surface area contributed by atoms with Crippen LogP contribution in [0.25, 0.3) is 11.5 Å². The van der Waals surface area contributed by atoms with Gasteiger partial charge in [0.05, 0.1) is 0 Å². The fourth-order valence-corrected chi connectivity index (χ4v) is 3.48. The van der Waals surface area contributed by atoms with E-state index >= 15 is 0 Å². The van der Waals surface area contributed by atoms with Crippen molar-refractivity contribution in [2.24, 2.45) is 0 Å². The Morgan fingerprint density at radius 1 is 1.15 bits per heavy atom. The molecular formula is C20H18ClN3O2. The zero-order valence-corrected chi connectivity index (χ0v) is 15.3. The van der Waals surface area contributed by atoms with E-state index < -0.39 is 0 Å². The molecular weight excluding hydrogens is 350 g/mol. The molecule has 1 unspecified atom stereocenters. The quantitative estimate of drug-likeness (QED) is 0.682. The Kier molecular flexibility index (Phi) is 4.24. The molecule has 1 aliphatic heterocycles. The predicted molar refractivity (Wildman–Crippen MR) is 100 cm³/mol. The summed E-state index contributed by atoms with van der Waals surface area (Å²) in [5.41, 5.74) is 3.90. The van der Waals surface area contributed by atoms with Gasteiger partial charge in [-0.15, -0.1) is 0 Å². The minimum absolute atomic E-state index is 0.0575. The number of hydrogen-bond donors (Lipinski definition) is 0. The first-order chi connectivity index (χ1) is 12.5. The van der Waals surface area contributed by atoms with E-state index in [2.05, 4.69) is 10.1 Å². The molecule has 1 amide bonds. The smallest absolute Gasteiger partial charge is 0.257 e. The molecule has 1 fully saturated rings. The van der Waals surface area contributed by atoms with Crippen molar-refractivity contribution in [3.05, 3.63) is 64.4 Å². The molecule has 2 aromatic carbocycles. The number of halogens is 1. The van der Waals surface area contributed by atoms with Gasteiger partial charge in [0.1, 0.15) is 0 Å². The average molecular weight is 368 g/mol. The molecule has 0 saturated carbocycles. The molecule has 1 saturated heterocycles. The Hall–Kier alpha value is -2.66. The maximum absolute atomic E-state index is 12.5. The van der Waals surface area contributed by atoms with Crippen LogP contribution < -0.4 is 4.90 Å². The fraction of sp³-hybridized carbons (Fsp3) is 0.250. The van der Waals surface area contributed by atoms with E-state index in [1.807, 2.05) is 50.2 Å². The lowest BCUT2D eigenvalue weighted by molar-refractivity contribution is -0.117. The summed E-state index contributed by atoms with van der Waals surface area (Å²) < 4.78 is 5.41. The maximum atomic E-state index is 12.5. The minimum Gasteiger partial charge on any atom is -0.334 e. The number of hydrogen-bond acceptors (Lipinski definition) is 4. The Morgan fingerprint density at radius 3 is 2.65 bits per heavy atom. The number of nitrogens with zero attached hydrogens (tertiary/aromatic N) is 3. The lowest BCUT2D eigenvalue weighted by Gasteiger charge is -2.18. The standard InChI is InChI=1S/C20H18ClN3O2/c1-12-3-5-14(6-4-12)20-22-19(23-26-20)15-10-18(25)24(11-15)17-8-7-16(21)9-13(17)2/h3-9,15H,10-11H2,1-2H3. The fourth-order valence-electron chi connectivity index (χ4n) is 3.25. The van der Waals surface area contributed by atoms with Crippen molar-refractivity contribution < 1.29 is 9.32 Å². The Bertz CT molecular complexity index is 965. The third kappa shape index (κ3) is 3.10. The van der Waals surface area contributed by atoms with E-state index in [0.717, 1.165) is 16.8 Å². The van der Waals surface area contributed by atoms with Crippen LogP contribution in [0.15, 0.2) is 47.0 Å². The summed E-state index contributed by atoms with van der Waals surface area (Å²) in [5.74, 6) is 1.03. The van der Waals surface area contributed by atoms with E-state index in [4.69, 9.17) is 16.1 Å². The van der Waals surface area contributed by atoms with Gasteiger partial charge in [0, 0.05) is 35.2 Å². The molecule has 0 radical (unpaired) electrons. The van der Waals surface area contributed by atoms with Gasteiger partial charge in [-0.3, -0.25) is 4.79 Å². The predicted octanol–water partition coefficient (Wildman–Crippen LogP) is 4.53. The van der Waals surface area contributed by atoms with Crippen LogP contribution >= 0.6 is 11.6 Å². The monoisotopic (exact) mass is 367 g/mol. The van der Waals surface area contributed by atoms with Crippen LogP contribution in [0.1, 0.15) is 29.3 Å². The molecule has 3 aromatic rings. The Balaban J connectivity index is 1.56. The number of anilines is 1. The van der Waals surface area contributed by atoms with Gasteiger partial charge in [0.15, 0.2) is 5.82 Å². The van der Waals surface area contributed by atoms with Crippen LogP contribution in [-0.2, 0) is 4.79 Å². The van der Waals surface area contributed by atoms with Crippen LogP contribution in [0.4, 0.5) is 5.69 Å². The Morgan fingerprint density at radius 2 is 1.92 bits per heavy atom. The number of amides is 1. The van der Waals surface area contributed by atoms with Gasteiger partial charge in [0.25, 0.3) is 5.89 Å². The van der Waals surface area contributed by atoms with E-state index in [9.17, 15) is 4.79 Å². The van der Waals surface area contributed by atoms with Crippen LogP contribution in [-0.4, -0.2) is 22.6 Å². The highest BCUT2D eigenvalue weighted by atomic mass is 35.5. The molecule has 0 bridgehead atoms. The minimum atomic E-state index is -0.0828. The van der Waals surface area contributed by atoms with Crippen LogP contribution in [0.2, 0.25) is 5.02 Å². The highest BCUT2D eigenvalue weighted by molar-refractivity contribution is 6.30. The lowest BCUT2D eigenvalue weighted by atomic mass is 10.1. The van der Waals surface area contributed by atoms with Gasteiger partial charge < -0.3 is 9.42 Å². The summed E-state index contributed by atoms with van der Waals surface area (Å²) in [6, 6.07) is 13.5. The number of carbonyl (C=O) groups excluding carboxylic acids is 1. The van der Waals surface area contributed by atoms with Crippen LogP contribution in [0, 0.1) is 13.8 Å². The first-order valence-electron chi connectivity index (χ1n) is 8.48. The van der Waals surface area contributed by atoms with E-state index in [0.29, 0.717) is 29.7 Å².